The van der Waals surface area contributed by atoms with Crippen molar-refractivity contribution < 1.29 is 47.8 Å². The molecule has 0 aliphatic carbocycles. The maximum Gasteiger partial charge on any atom is 2.00 e. The molecular formula is C14H20CuNO6+. The van der Waals surface area contributed by atoms with E-state index in [1.54, 1.807) is 24.0 Å². The number of hydrogen-bond acceptors (Lipinski definition) is 5. The molecule has 1 fully saturated rings. The Kier molecular flexibility index (Phi) is 9.91. The molecule has 127 valence electrons. The van der Waals surface area contributed by atoms with Gasteiger partial charge in [0.15, 0.2) is 0 Å². The fraction of sp³-hybridized carbons (Fsp3) is 0.429. The summed E-state index contributed by atoms with van der Waals surface area (Å²) < 4.78 is 0. The van der Waals surface area contributed by atoms with Crippen LogP contribution in [0.3, 0.4) is 0 Å². The van der Waals surface area contributed by atoms with E-state index in [1.165, 1.54) is 0 Å². The Morgan fingerprint density at radius 3 is 2.64 bits per heavy atom. The number of aldehydes is 1. The van der Waals surface area contributed by atoms with E-state index in [-0.39, 0.29) is 45.9 Å². The zero-order valence-corrected chi connectivity index (χ0v) is 13.0. The van der Waals surface area contributed by atoms with Gasteiger partial charge >= 0.3 is 17.1 Å². The third-order valence-electron chi connectivity index (χ3n) is 3.48. The second kappa shape index (κ2) is 9.55. The molecule has 0 aromatic heterocycles. The van der Waals surface area contributed by atoms with Crippen molar-refractivity contribution in [3.63, 3.8) is 0 Å². The van der Waals surface area contributed by atoms with Gasteiger partial charge in [-0.1, -0.05) is 17.4 Å². The van der Waals surface area contributed by atoms with E-state index in [4.69, 9.17) is 0 Å². The van der Waals surface area contributed by atoms with Crippen molar-refractivity contribution in [1.82, 2.24) is 4.90 Å². The van der Waals surface area contributed by atoms with Gasteiger partial charge in [-0.3, -0.25) is 9.69 Å². The summed E-state index contributed by atoms with van der Waals surface area (Å²) in [6, 6.07) is 2.61. The van der Waals surface area contributed by atoms with E-state index < -0.39 is 12.0 Å². The molecule has 8 heteroatoms. The van der Waals surface area contributed by atoms with Crippen LogP contribution in [0.25, 0.3) is 0 Å². The molecule has 1 heterocycles. The summed E-state index contributed by atoms with van der Waals surface area (Å²) in [4.78, 5) is 23.5. The number of carboxylic acids is 1. The minimum absolute atomic E-state index is 0. The van der Waals surface area contributed by atoms with Crippen LogP contribution in [0, 0.1) is 6.92 Å². The summed E-state index contributed by atoms with van der Waals surface area (Å²) in [6.45, 7) is 2.68. The van der Waals surface area contributed by atoms with Crippen LogP contribution in [0.4, 0.5) is 0 Å². The number of nitrogens with zero attached hydrogens (tertiary/aromatic N) is 1. The first-order chi connectivity index (χ1) is 9.02. The molecular weight excluding hydrogens is 342 g/mol. The number of aliphatic carboxylic acids is 1. The molecule has 0 bridgehead atoms. The quantitative estimate of drug-likeness (QED) is 0.340. The summed E-state index contributed by atoms with van der Waals surface area (Å²) in [7, 11) is 0. The third kappa shape index (κ3) is 4.79. The number of rotatable bonds is 4. The maximum atomic E-state index is 12.0. The third-order valence-corrected chi connectivity index (χ3v) is 3.48. The topological polar surface area (TPSA) is 148 Å². The standard InChI is InChI=1S/C14H17NO4.Cu.2H2O/c1-9-5-10(13(17)11(6-9)8-16)7-15-4-2-3-12(15)14(18)19;;;/h5-6,8,12,17H,2-4,7H2,1H3,(H,18,19);;2*1H2/q;+2;;/p-1/t12-;;;/m0.../s1. The van der Waals surface area contributed by atoms with Crippen molar-refractivity contribution in [3.05, 3.63) is 28.8 Å². The van der Waals surface area contributed by atoms with E-state index in [0.29, 0.717) is 24.8 Å². The Balaban J connectivity index is 0. The second-order valence-electron chi connectivity index (χ2n) is 4.91. The summed E-state index contributed by atoms with van der Waals surface area (Å²) in [6.07, 6.45) is 1.86. The molecule has 22 heavy (non-hydrogen) atoms. The largest absolute Gasteiger partial charge is 2.00 e. The molecule has 1 aromatic rings. The summed E-state index contributed by atoms with van der Waals surface area (Å²) in [5.41, 5.74) is 1.41. The van der Waals surface area contributed by atoms with Crippen LogP contribution in [-0.4, -0.2) is 35.2 Å². The van der Waals surface area contributed by atoms with Gasteiger partial charge in [-0.2, -0.15) is 0 Å². The Bertz CT molecular complexity index is 522. The van der Waals surface area contributed by atoms with Gasteiger partial charge in [0.2, 0.25) is 0 Å². The molecule has 0 spiro atoms. The van der Waals surface area contributed by atoms with Gasteiger partial charge < -0.3 is 26.0 Å². The minimum Gasteiger partial charge on any atom is -0.872 e. The van der Waals surface area contributed by atoms with Crippen LogP contribution >= 0.6 is 0 Å². The monoisotopic (exact) mass is 361 g/mol. The first-order valence-electron chi connectivity index (χ1n) is 6.23. The summed E-state index contributed by atoms with van der Waals surface area (Å²) in [5, 5.41) is 23.0. The average molecular weight is 362 g/mol. The molecule has 1 atom stereocenters. The van der Waals surface area contributed by atoms with Crippen molar-refractivity contribution in [1.29, 1.82) is 0 Å². The molecule has 1 saturated heterocycles. The van der Waals surface area contributed by atoms with Crippen LogP contribution in [0.1, 0.15) is 34.3 Å². The molecule has 7 nitrogen and oxygen atoms in total. The van der Waals surface area contributed by atoms with Gasteiger partial charge in [-0.25, -0.2) is 0 Å². The van der Waals surface area contributed by atoms with E-state index in [9.17, 15) is 19.8 Å². The number of carboxylic acid groups (broad SMARTS) is 1. The van der Waals surface area contributed by atoms with Gasteiger partial charge in [-0.15, -0.1) is 0 Å². The fourth-order valence-corrected chi connectivity index (χ4v) is 2.58. The van der Waals surface area contributed by atoms with Crippen molar-refractivity contribution >= 4 is 12.3 Å². The molecule has 1 aromatic carbocycles. The molecule has 1 aliphatic rings. The van der Waals surface area contributed by atoms with Crippen molar-refractivity contribution in [3.8, 4) is 5.75 Å². The van der Waals surface area contributed by atoms with Crippen LogP contribution in [-0.2, 0) is 33.9 Å². The Morgan fingerprint density at radius 1 is 1.45 bits per heavy atom. The SMILES string of the molecule is Cc1cc(C=O)c([O-])c(CN2CCC[C@H]2C(=O)[O-])c1.O.[Cu+2].[OH3+]. The smallest absolute Gasteiger partial charge is 0.872 e. The zero-order valence-electron chi connectivity index (χ0n) is 12.1. The van der Waals surface area contributed by atoms with E-state index in [2.05, 4.69) is 0 Å². The molecule has 1 radical (unpaired) electrons. The first kappa shape index (κ1) is 22.8. The molecule has 1 aliphatic heterocycles. The van der Waals surface area contributed by atoms with Crippen molar-refractivity contribution in [2.45, 2.75) is 32.4 Å². The molecule has 0 amide bonds. The van der Waals surface area contributed by atoms with Gasteiger partial charge in [0.25, 0.3) is 0 Å². The van der Waals surface area contributed by atoms with Gasteiger partial charge in [-0.05, 0) is 37.9 Å². The Morgan fingerprint density at radius 2 is 2.09 bits per heavy atom. The van der Waals surface area contributed by atoms with E-state index >= 15 is 0 Å². The number of hydrogen-bond donors (Lipinski definition) is 0. The van der Waals surface area contributed by atoms with E-state index in [0.717, 1.165) is 12.0 Å². The predicted octanol–water partition coefficient (Wildman–Crippen LogP) is -2.15. The van der Waals surface area contributed by atoms with Gasteiger partial charge in [0.05, 0.1) is 5.97 Å². The normalized spacial score (nSPS) is 16.9. The summed E-state index contributed by atoms with van der Waals surface area (Å²) in [5.74, 6) is -1.42. The molecule has 5 N–H and O–H groups in total. The first-order valence-corrected chi connectivity index (χ1v) is 6.23. The molecule has 0 unspecified atom stereocenters. The number of aryl methyl sites for hydroxylation is 1. The van der Waals surface area contributed by atoms with Crippen LogP contribution in [0.5, 0.6) is 5.75 Å². The molecule has 2 rings (SSSR count). The predicted molar refractivity (Wildman–Crippen MR) is 72.9 cm³/mol. The van der Waals surface area contributed by atoms with Crippen LogP contribution in [0.15, 0.2) is 12.1 Å². The van der Waals surface area contributed by atoms with Gasteiger partial charge in [0, 0.05) is 18.2 Å². The van der Waals surface area contributed by atoms with Gasteiger partial charge in [0.1, 0.15) is 6.29 Å². The number of carbonyl (C=O) groups is 2. The fourth-order valence-electron chi connectivity index (χ4n) is 2.58. The summed E-state index contributed by atoms with van der Waals surface area (Å²) >= 11 is 0. The van der Waals surface area contributed by atoms with Crippen molar-refractivity contribution in [2.24, 2.45) is 0 Å². The Hall–Kier alpha value is -1.44. The number of likely N-dealkylation sites (tertiary alicyclic amines) is 1. The second-order valence-corrected chi connectivity index (χ2v) is 4.91. The van der Waals surface area contributed by atoms with E-state index in [1.807, 2.05) is 0 Å². The van der Waals surface area contributed by atoms with Crippen LogP contribution < -0.4 is 10.2 Å². The average Bonchev–Trinajstić information content (AvgIpc) is 2.81. The molecule has 0 saturated carbocycles. The maximum absolute atomic E-state index is 12.0. The van der Waals surface area contributed by atoms with Crippen LogP contribution in [0.2, 0.25) is 0 Å². The number of benzene rings is 1. The minimum atomic E-state index is -1.10. The Labute approximate surface area is 139 Å². The van der Waals surface area contributed by atoms with Crippen molar-refractivity contribution in [2.75, 3.05) is 6.54 Å². The number of carbonyl (C=O) groups excluding carboxylic acids is 2. The zero-order chi connectivity index (χ0) is 14.0.